The Labute approximate surface area is 162 Å². The molecule has 0 bridgehead atoms. The highest BCUT2D eigenvalue weighted by Gasteiger charge is 2.16. The van der Waals surface area contributed by atoms with Crippen molar-refractivity contribution in [3.05, 3.63) is 48.0 Å². The third-order valence-corrected chi connectivity index (χ3v) is 3.82. The van der Waals surface area contributed by atoms with Gasteiger partial charge in [-0.25, -0.2) is 0 Å². The highest BCUT2D eigenvalue weighted by Crippen LogP contribution is 2.12. The van der Waals surface area contributed by atoms with Gasteiger partial charge in [-0.3, -0.25) is 9.89 Å². The molecule has 0 aromatic heterocycles. The van der Waals surface area contributed by atoms with E-state index in [1.807, 2.05) is 6.08 Å². The molecule has 1 saturated heterocycles. The lowest BCUT2D eigenvalue weighted by atomic mass is 10.1. The second-order valence-corrected chi connectivity index (χ2v) is 5.83. The number of hydrogen-bond acceptors (Lipinski definition) is 3. The van der Waals surface area contributed by atoms with E-state index >= 15 is 0 Å². The van der Waals surface area contributed by atoms with E-state index in [4.69, 9.17) is 4.74 Å². The van der Waals surface area contributed by atoms with Crippen molar-refractivity contribution in [1.82, 2.24) is 15.5 Å². The maximum atomic E-state index is 5.60. The first-order valence-corrected chi connectivity index (χ1v) is 8.18. The van der Waals surface area contributed by atoms with E-state index < -0.39 is 0 Å². The van der Waals surface area contributed by atoms with Crippen LogP contribution in [-0.2, 0) is 17.8 Å². The van der Waals surface area contributed by atoms with Crippen LogP contribution in [0.1, 0.15) is 18.1 Å². The first-order valence-electron chi connectivity index (χ1n) is 8.18. The van der Waals surface area contributed by atoms with Crippen LogP contribution >= 0.6 is 24.0 Å². The Morgan fingerprint density at radius 1 is 1.42 bits per heavy atom. The van der Waals surface area contributed by atoms with Gasteiger partial charge in [0, 0.05) is 39.8 Å². The van der Waals surface area contributed by atoms with Crippen molar-refractivity contribution >= 4 is 29.9 Å². The van der Waals surface area contributed by atoms with E-state index in [1.165, 1.54) is 11.1 Å². The number of nitrogens with zero attached hydrogens (tertiary/aromatic N) is 2. The lowest BCUT2D eigenvalue weighted by Gasteiger charge is -2.31. The summed E-state index contributed by atoms with van der Waals surface area (Å²) < 4.78 is 5.60. The standard InChI is InChI=1S/C18H28N4O.HI/c1-4-8-20-18(19-3)21-12-16-6-5-7-17(11-16)14-22-9-10-23-15(2)13-22;/h4-7,11,15H,1,8-10,12-14H2,2-3H3,(H2,19,20,21);1H. The summed E-state index contributed by atoms with van der Waals surface area (Å²) >= 11 is 0. The van der Waals surface area contributed by atoms with Gasteiger partial charge in [0.05, 0.1) is 12.7 Å². The fraction of sp³-hybridized carbons (Fsp3) is 0.500. The number of ether oxygens (including phenoxy) is 1. The summed E-state index contributed by atoms with van der Waals surface area (Å²) in [4.78, 5) is 6.64. The molecule has 0 spiro atoms. The van der Waals surface area contributed by atoms with Crippen molar-refractivity contribution in [2.24, 2.45) is 4.99 Å². The molecule has 6 heteroatoms. The van der Waals surface area contributed by atoms with E-state index in [0.717, 1.165) is 38.7 Å². The average Bonchev–Trinajstić information content (AvgIpc) is 2.55. The number of morpholine rings is 1. The molecular weight excluding hydrogens is 415 g/mol. The van der Waals surface area contributed by atoms with Gasteiger partial charge in [0.15, 0.2) is 5.96 Å². The van der Waals surface area contributed by atoms with Crippen LogP contribution in [-0.4, -0.2) is 50.3 Å². The highest BCUT2D eigenvalue weighted by molar-refractivity contribution is 14.0. The minimum absolute atomic E-state index is 0. The zero-order valence-electron chi connectivity index (χ0n) is 14.6. The molecular formula is C18H29IN4O. The Bertz CT molecular complexity index is 536. The van der Waals surface area contributed by atoms with Gasteiger partial charge in [0.25, 0.3) is 0 Å². The summed E-state index contributed by atoms with van der Waals surface area (Å²) in [6, 6.07) is 8.71. The predicted molar refractivity (Wildman–Crippen MR) is 111 cm³/mol. The number of guanidine groups is 1. The lowest BCUT2D eigenvalue weighted by molar-refractivity contribution is -0.0212. The lowest BCUT2D eigenvalue weighted by Crippen LogP contribution is -2.40. The van der Waals surface area contributed by atoms with Crippen LogP contribution in [0.3, 0.4) is 0 Å². The van der Waals surface area contributed by atoms with Crippen LogP contribution in [0.15, 0.2) is 41.9 Å². The molecule has 0 saturated carbocycles. The first kappa shape index (κ1) is 20.9. The molecule has 2 N–H and O–H groups in total. The van der Waals surface area contributed by atoms with E-state index in [1.54, 1.807) is 7.05 Å². The van der Waals surface area contributed by atoms with E-state index in [2.05, 4.69) is 58.3 Å². The molecule has 5 nitrogen and oxygen atoms in total. The molecule has 1 heterocycles. The summed E-state index contributed by atoms with van der Waals surface area (Å²) in [5, 5.41) is 6.49. The Balaban J connectivity index is 0.00000288. The van der Waals surface area contributed by atoms with Crippen LogP contribution in [0.2, 0.25) is 0 Å². The Kier molecular flexibility index (Phi) is 9.97. The molecule has 1 atom stereocenters. The SMILES string of the molecule is C=CCNC(=NC)NCc1cccc(CN2CCOC(C)C2)c1.I. The highest BCUT2D eigenvalue weighted by atomic mass is 127. The monoisotopic (exact) mass is 444 g/mol. The number of aliphatic imine (C=N–C) groups is 1. The smallest absolute Gasteiger partial charge is 0.191 e. The van der Waals surface area contributed by atoms with E-state index in [9.17, 15) is 0 Å². The number of halogens is 1. The largest absolute Gasteiger partial charge is 0.376 e. The molecule has 0 aliphatic carbocycles. The summed E-state index contributed by atoms with van der Waals surface area (Å²) in [6.07, 6.45) is 2.14. The summed E-state index contributed by atoms with van der Waals surface area (Å²) in [5.41, 5.74) is 2.60. The zero-order chi connectivity index (χ0) is 16.5. The van der Waals surface area contributed by atoms with Gasteiger partial charge in [-0.2, -0.15) is 0 Å². The average molecular weight is 444 g/mol. The number of nitrogens with one attached hydrogen (secondary N) is 2. The molecule has 1 aromatic carbocycles. The number of hydrogen-bond donors (Lipinski definition) is 2. The van der Waals surface area contributed by atoms with E-state index in [-0.39, 0.29) is 24.0 Å². The van der Waals surface area contributed by atoms with Gasteiger partial charge in [-0.1, -0.05) is 30.3 Å². The van der Waals surface area contributed by atoms with Gasteiger partial charge < -0.3 is 15.4 Å². The van der Waals surface area contributed by atoms with Crippen LogP contribution < -0.4 is 10.6 Å². The first-order chi connectivity index (χ1) is 11.2. The molecule has 24 heavy (non-hydrogen) atoms. The van der Waals surface area contributed by atoms with Crippen molar-refractivity contribution in [3.63, 3.8) is 0 Å². The topological polar surface area (TPSA) is 48.9 Å². The van der Waals surface area contributed by atoms with Crippen LogP contribution in [0.25, 0.3) is 0 Å². The molecule has 0 amide bonds. The van der Waals surface area contributed by atoms with Crippen molar-refractivity contribution < 1.29 is 4.74 Å². The van der Waals surface area contributed by atoms with Gasteiger partial charge in [-0.15, -0.1) is 30.6 Å². The summed E-state index contributed by atoms with van der Waals surface area (Å²) in [7, 11) is 1.77. The van der Waals surface area contributed by atoms with Gasteiger partial charge in [0.2, 0.25) is 0 Å². The molecule has 1 aliphatic rings. The fourth-order valence-corrected chi connectivity index (χ4v) is 2.71. The minimum Gasteiger partial charge on any atom is -0.376 e. The molecule has 1 aliphatic heterocycles. The minimum atomic E-state index is 0. The zero-order valence-corrected chi connectivity index (χ0v) is 17.0. The summed E-state index contributed by atoms with van der Waals surface area (Å²) in [5.74, 6) is 0.789. The Morgan fingerprint density at radius 2 is 2.21 bits per heavy atom. The molecule has 1 fully saturated rings. The molecule has 2 rings (SSSR count). The maximum Gasteiger partial charge on any atom is 0.191 e. The second-order valence-electron chi connectivity index (χ2n) is 5.83. The van der Waals surface area contributed by atoms with E-state index in [0.29, 0.717) is 12.6 Å². The second kappa shape index (κ2) is 11.4. The van der Waals surface area contributed by atoms with Gasteiger partial charge >= 0.3 is 0 Å². The third kappa shape index (κ3) is 7.19. The molecule has 134 valence electrons. The van der Waals surface area contributed by atoms with Crippen molar-refractivity contribution in [1.29, 1.82) is 0 Å². The fourth-order valence-electron chi connectivity index (χ4n) is 2.71. The van der Waals surface area contributed by atoms with Crippen LogP contribution in [0.5, 0.6) is 0 Å². The molecule has 1 unspecified atom stereocenters. The number of rotatable bonds is 6. The molecule has 1 aromatic rings. The van der Waals surface area contributed by atoms with Crippen LogP contribution in [0.4, 0.5) is 0 Å². The van der Waals surface area contributed by atoms with Gasteiger partial charge in [0.1, 0.15) is 0 Å². The predicted octanol–water partition coefficient (Wildman–Crippen LogP) is 2.38. The number of benzene rings is 1. The third-order valence-electron chi connectivity index (χ3n) is 3.82. The van der Waals surface area contributed by atoms with Crippen molar-refractivity contribution in [3.8, 4) is 0 Å². The quantitative estimate of drug-likeness (QED) is 0.306. The van der Waals surface area contributed by atoms with Crippen molar-refractivity contribution in [2.75, 3.05) is 33.3 Å². The van der Waals surface area contributed by atoms with Crippen LogP contribution in [0, 0.1) is 0 Å². The Hall–Kier alpha value is -1.12. The Morgan fingerprint density at radius 3 is 2.92 bits per heavy atom. The maximum absolute atomic E-state index is 5.60. The summed E-state index contributed by atoms with van der Waals surface area (Å²) in [6.45, 7) is 11.1. The van der Waals surface area contributed by atoms with Crippen molar-refractivity contribution in [2.45, 2.75) is 26.1 Å². The molecule has 0 radical (unpaired) electrons. The normalized spacial score (nSPS) is 18.6. The van der Waals surface area contributed by atoms with Gasteiger partial charge in [-0.05, 0) is 18.1 Å².